The minimum atomic E-state index is -0.427. The first kappa shape index (κ1) is 12.7. The van der Waals surface area contributed by atoms with E-state index in [0.717, 1.165) is 0 Å². The van der Waals surface area contributed by atoms with Crippen molar-refractivity contribution in [3.05, 3.63) is 39.4 Å². The van der Waals surface area contributed by atoms with E-state index in [1.165, 1.54) is 13.0 Å². The highest BCUT2D eigenvalue weighted by atomic mass is 16.6. The normalized spacial score (nSPS) is 9.06. The van der Waals surface area contributed by atoms with E-state index < -0.39 is 4.92 Å². The molecule has 17 heavy (non-hydrogen) atoms. The van der Waals surface area contributed by atoms with E-state index in [-0.39, 0.29) is 18.1 Å². The molecule has 1 amide bonds. The van der Waals surface area contributed by atoms with Crippen LogP contribution in [0.25, 0.3) is 0 Å². The van der Waals surface area contributed by atoms with Gasteiger partial charge in [0.2, 0.25) is 5.91 Å². The van der Waals surface area contributed by atoms with Crippen LogP contribution in [0.15, 0.2) is 18.2 Å². The summed E-state index contributed by atoms with van der Waals surface area (Å²) in [5.74, 6) is 5.44. The molecule has 0 atom stereocenters. The first-order valence-electron chi connectivity index (χ1n) is 4.99. The van der Waals surface area contributed by atoms with Crippen molar-refractivity contribution >= 4 is 11.6 Å². The Morgan fingerprint density at radius 1 is 1.53 bits per heavy atom. The average Bonchev–Trinajstić information content (AvgIpc) is 2.23. The first-order chi connectivity index (χ1) is 8.00. The molecule has 0 aromatic heterocycles. The zero-order valence-corrected chi connectivity index (χ0v) is 9.61. The molecule has 5 heteroatoms. The molecule has 0 aliphatic heterocycles. The second kappa shape index (κ2) is 5.66. The van der Waals surface area contributed by atoms with Crippen molar-refractivity contribution in [2.75, 3.05) is 6.54 Å². The molecule has 0 heterocycles. The van der Waals surface area contributed by atoms with E-state index in [9.17, 15) is 14.9 Å². The van der Waals surface area contributed by atoms with E-state index in [4.69, 9.17) is 0 Å². The molecule has 0 saturated heterocycles. The molecule has 5 nitrogen and oxygen atoms in total. The number of carbonyl (C=O) groups is 1. The molecular formula is C12H12N2O3. The van der Waals surface area contributed by atoms with Gasteiger partial charge in [-0.3, -0.25) is 14.9 Å². The fraction of sp³-hybridized carbons (Fsp3) is 0.250. The predicted octanol–water partition coefficient (Wildman–Crippen LogP) is 1.39. The fourth-order valence-electron chi connectivity index (χ4n) is 1.25. The van der Waals surface area contributed by atoms with Crippen LogP contribution >= 0.6 is 0 Å². The van der Waals surface area contributed by atoms with Crippen LogP contribution in [-0.4, -0.2) is 17.4 Å². The molecule has 0 saturated carbocycles. The average molecular weight is 232 g/mol. The van der Waals surface area contributed by atoms with Crippen LogP contribution in [0.2, 0.25) is 0 Å². The van der Waals surface area contributed by atoms with Crippen LogP contribution in [0.5, 0.6) is 0 Å². The van der Waals surface area contributed by atoms with Crippen LogP contribution in [0.3, 0.4) is 0 Å². The van der Waals surface area contributed by atoms with Gasteiger partial charge in [-0.05, 0) is 19.1 Å². The molecule has 0 aliphatic carbocycles. The molecule has 1 rings (SSSR count). The molecule has 88 valence electrons. The molecule has 1 aromatic rings. The quantitative estimate of drug-likeness (QED) is 0.475. The van der Waals surface area contributed by atoms with Crippen molar-refractivity contribution in [1.29, 1.82) is 0 Å². The smallest absolute Gasteiger partial charge is 0.272 e. The van der Waals surface area contributed by atoms with Crippen LogP contribution in [0.4, 0.5) is 5.69 Å². The standard InChI is InChI=1S/C12H12N2O3/c1-9-8-11(4-3-7-13-10(2)15)5-6-12(9)14(16)17/h5-6,8H,7H2,1-2H3,(H,13,15). The van der Waals surface area contributed by atoms with Gasteiger partial charge in [-0.2, -0.15) is 0 Å². The van der Waals surface area contributed by atoms with Gasteiger partial charge in [0.1, 0.15) is 0 Å². The zero-order valence-electron chi connectivity index (χ0n) is 9.61. The SMILES string of the molecule is CC(=O)NCC#Cc1ccc([N+](=O)[O-])c(C)c1. The number of nitrogens with zero attached hydrogens (tertiary/aromatic N) is 1. The van der Waals surface area contributed by atoms with Crippen molar-refractivity contribution in [1.82, 2.24) is 5.32 Å². The van der Waals surface area contributed by atoms with E-state index in [1.54, 1.807) is 19.1 Å². The van der Waals surface area contributed by atoms with Crippen molar-refractivity contribution in [2.24, 2.45) is 0 Å². The van der Waals surface area contributed by atoms with Gasteiger partial charge in [-0.1, -0.05) is 11.8 Å². The minimum absolute atomic E-state index is 0.0809. The number of aryl methyl sites for hydroxylation is 1. The van der Waals surface area contributed by atoms with E-state index in [2.05, 4.69) is 17.2 Å². The number of carbonyl (C=O) groups excluding carboxylic acids is 1. The summed E-state index contributed by atoms with van der Waals surface area (Å²) < 4.78 is 0. The summed E-state index contributed by atoms with van der Waals surface area (Å²) in [6, 6.07) is 4.67. The number of hydrogen-bond acceptors (Lipinski definition) is 3. The maximum absolute atomic E-state index is 10.6. The second-order valence-electron chi connectivity index (χ2n) is 3.47. The highest BCUT2D eigenvalue weighted by Crippen LogP contribution is 2.17. The Bertz CT molecular complexity index is 512. The van der Waals surface area contributed by atoms with Gasteiger partial charge >= 0.3 is 0 Å². The summed E-state index contributed by atoms with van der Waals surface area (Å²) in [7, 11) is 0. The summed E-state index contributed by atoms with van der Waals surface area (Å²) in [6.45, 7) is 3.35. The lowest BCUT2D eigenvalue weighted by atomic mass is 10.1. The highest BCUT2D eigenvalue weighted by Gasteiger charge is 2.08. The molecule has 0 unspecified atom stereocenters. The summed E-state index contributed by atoms with van der Waals surface area (Å²) >= 11 is 0. The van der Waals surface area contributed by atoms with Gasteiger partial charge in [0.15, 0.2) is 0 Å². The van der Waals surface area contributed by atoms with Crippen LogP contribution in [-0.2, 0) is 4.79 Å². The number of benzene rings is 1. The van der Waals surface area contributed by atoms with Crippen molar-refractivity contribution in [3.63, 3.8) is 0 Å². The fourth-order valence-corrected chi connectivity index (χ4v) is 1.25. The predicted molar refractivity (Wildman–Crippen MR) is 63.4 cm³/mol. The first-order valence-corrected chi connectivity index (χ1v) is 4.99. The number of nitrogens with one attached hydrogen (secondary N) is 1. The number of nitro groups is 1. The van der Waals surface area contributed by atoms with E-state index >= 15 is 0 Å². The van der Waals surface area contributed by atoms with Crippen molar-refractivity contribution in [2.45, 2.75) is 13.8 Å². The molecule has 0 spiro atoms. The lowest BCUT2D eigenvalue weighted by Gasteiger charge is -1.97. The Hall–Kier alpha value is -2.35. The van der Waals surface area contributed by atoms with Gasteiger partial charge < -0.3 is 5.32 Å². The van der Waals surface area contributed by atoms with Crippen molar-refractivity contribution in [3.8, 4) is 11.8 Å². The van der Waals surface area contributed by atoms with E-state index in [1.807, 2.05) is 0 Å². The Balaban J connectivity index is 2.77. The monoisotopic (exact) mass is 232 g/mol. The lowest BCUT2D eigenvalue weighted by molar-refractivity contribution is -0.385. The summed E-state index contributed by atoms with van der Waals surface area (Å²) in [4.78, 5) is 20.7. The summed E-state index contributed by atoms with van der Waals surface area (Å²) in [5.41, 5.74) is 1.34. The van der Waals surface area contributed by atoms with Gasteiger partial charge in [0.05, 0.1) is 11.5 Å². The third-order valence-electron chi connectivity index (χ3n) is 2.05. The van der Waals surface area contributed by atoms with Crippen LogP contribution in [0, 0.1) is 28.9 Å². The Kier molecular flexibility index (Phi) is 4.23. The molecule has 0 aliphatic rings. The lowest BCUT2D eigenvalue weighted by Crippen LogP contribution is -2.19. The van der Waals surface area contributed by atoms with E-state index in [0.29, 0.717) is 11.1 Å². The van der Waals surface area contributed by atoms with Gasteiger partial charge in [0.25, 0.3) is 5.69 Å². The Labute approximate surface area is 99.0 Å². The van der Waals surface area contributed by atoms with Crippen molar-refractivity contribution < 1.29 is 9.72 Å². The highest BCUT2D eigenvalue weighted by molar-refractivity contribution is 5.73. The molecule has 0 radical (unpaired) electrons. The zero-order chi connectivity index (χ0) is 12.8. The summed E-state index contributed by atoms with van der Waals surface area (Å²) in [5, 5.41) is 13.1. The van der Waals surface area contributed by atoms with Crippen LogP contribution in [0.1, 0.15) is 18.1 Å². The van der Waals surface area contributed by atoms with Gasteiger partial charge in [-0.15, -0.1) is 0 Å². The maximum Gasteiger partial charge on any atom is 0.272 e. The Morgan fingerprint density at radius 2 is 2.24 bits per heavy atom. The molecular weight excluding hydrogens is 220 g/mol. The number of amides is 1. The van der Waals surface area contributed by atoms with Gasteiger partial charge in [0, 0.05) is 24.1 Å². The third kappa shape index (κ3) is 3.95. The minimum Gasteiger partial charge on any atom is -0.345 e. The molecule has 0 fully saturated rings. The van der Waals surface area contributed by atoms with Gasteiger partial charge in [-0.25, -0.2) is 0 Å². The molecule has 1 N–H and O–H groups in total. The number of nitro benzene ring substituents is 1. The topological polar surface area (TPSA) is 72.2 Å². The largest absolute Gasteiger partial charge is 0.345 e. The Morgan fingerprint density at radius 3 is 2.76 bits per heavy atom. The van der Waals surface area contributed by atoms with Crippen LogP contribution < -0.4 is 5.32 Å². The number of rotatable bonds is 2. The second-order valence-corrected chi connectivity index (χ2v) is 3.47. The maximum atomic E-state index is 10.6. The number of hydrogen-bond donors (Lipinski definition) is 1. The molecule has 1 aromatic carbocycles. The third-order valence-corrected chi connectivity index (χ3v) is 2.05. The molecule has 0 bridgehead atoms. The summed E-state index contributed by atoms with van der Waals surface area (Å²) in [6.07, 6.45) is 0.